The Morgan fingerprint density at radius 1 is 1.25 bits per heavy atom. The van der Waals surface area contributed by atoms with E-state index in [4.69, 9.17) is 4.98 Å². The highest BCUT2D eigenvalue weighted by Crippen LogP contribution is 2.25. The molecule has 3 heteroatoms. The van der Waals surface area contributed by atoms with Crippen LogP contribution in [-0.2, 0) is 13.1 Å². The minimum atomic E-state index is 0.741. The summed E-state index contributed by atoms with van der Waals surface area (Å²) in [6.45, 7) is 7.85. The molecule has 1 aromatic rings. The molecular formula is C17H27N3. The maximum atomic E-state index is 4.83. The van der Waals surface area contributed by atoms with E-state index in [1.807, 2.05) is 0 Å². The highest BCUT2D eigenvalue weighted by Gasteiger charge is 2.27. The van der Waals surface area contributed by atoms with E-state index in [0.29, 0.717) is 0 Å². The molecule has 1 unspecified atom stereocenters. The van der Waals surface area contributed by atoms with Crippen molar-refractivity contribution >= 4 is 0 Å². The summed E-state index contributed by atoms with van der Waals surface area (Å²) in [5.74, 6) is 0.747. The number of nitrogens with zero attached hydrogens (tertiary/aromatic N) is 2. The molecule has 0 aromatic carbocycles. The van der Waals surface area contributed by atoms with Crippen LogP contribution in [0, 0.1) is 5.92 Å². The van der Waals surface area contributed by atoms with E-state index in [1.54, 1.807) is 0 Å². The van der Waals surface area contributed by atoms with Gasteiger partial charge in [-0.2, -0.15) is 0 Å². The second-order valence-corrected chi connectivity index (χ2v) is 6.70. The molecule has 20 heavy (non-hydrogen) atoms. The van der Waals surface area contributed by atoms with E-state index in [-0.39, 0.29) is 0 Å². The lowest BCUT2D eigenvalue weighted by atomic mass is 10.0. The van der Waals surface area contributed by atoms with Crippen LogP contribution in [0.4, 0.5) is 0 Å². The van der Waals surface area contributed by atoms with E-state index in [1.165, 1.54) is 43.6 Å². The van der Waals surface area contributed by atoms with Gasteiger partial charge in [-0.05, 0) is 50.3 Å². The minimum absolute atomic E-state index is 0.741. The van der Waals surface area contributed by atoms with Gasteiger partial charge < -0.3 is 5.32 Å². The average molecular weight is 273 g/mol. The Balaban J connectivity index is 1.59. The van der Waals surface area contributed by atoms with Gasteiger partial charge in [0.1, 0.15) is 0 Å². The first-order chi connectivity index (χ1) is 9.72. The summed E-state index contributed by atoms with van der Waals surface area (Å²) in [7, 11) is 0. The van der Waals surface area contributed by atoms with Crippen LogP contribution >= 0.6 is 0 Å². The third kappa shape index (κ3) is 3.58. The number of hydrogen-bond acceptors (Lipinski definition) is 3. The number of rotatable bonds is 6. The first kappa shape index (κ1) is 14.0. The van der Waals surface area contributed by atoms with Crippen LogP contribution in [0.15, 0.2) is 18.2 Å². The zero-order valence-electron chi connectivity index (χ0n) is 12.8. The van der Waals surface area contributed by atoms with Crippen molar-refractivity contribution in [3.8, 4) is 0 Å². The molecule has 3 rings (SSSR count). The lowest BCUT2D eigenvalue weighted by Gasteiger charge is -2.27. The lowest BCUT2D eigenvalue weighted by molar-refractivity contribution is 0.196. The Kier molecular flexibility index (Phi) is 4.37. The molecule has 2 fully saturated rings. The molecule has 2 aliphatic rings. The van der Waals surface area contributed by atoms with Crippen molar-refractivity contribution in [3.05, 3.63) is 29.6 Å². The Morgan fingerprint density at radius 3 is 2.80 bits per heavy atom. The second-order valence-electron chi connectivity index (χ2n) is 6.70. The van der Waals surface area contributed by atoms with Crippen LogP contribution < -0.4 is 5.32 Å². The van der Waals surface area contributed by atoms with Crippen molar-refractivity contribution in [3.63, 3.8) is 0 Å². The fourth-order valence-corrected chi connectivity index (χ4v) is 3.26. The van der Waals surface area contributed by atoms with E-state index in [2.05, 4.69) is 42.3 Å². The molecule has 1 N–H and O–H groups in total. The van der Waals surface area contributed by atoms with Gasteiger partial charge in [0.25, 0.3) is 0 Å². The average Bonchev–Trinajstić information content (AvgIpc) is 3.15. The van der Waals surface area contributed by atoms with Crippen LogP contribution in [0.25, 0.3) is 0 Å². The monoisotopic (exact) mass is 273 g/mol. The van der Waals surface area contributed by atoms with Crippen LogP contribution in [0.1, 0.15) is 50.9 Å². The molecular weight excluding hydrogens is 246 g/mol. The van der Waals surface area contributed by atoms with Crippen LogP contribution in [0.3, 0.4) is 0 Å². The van der Waals surface area contributed by atoms with Crippen LogP contribution in [0.5, 0.6) is 0 Å². The van der Waals surface area contributed by atoms with Crippen molar-refractivity contribution in [2.75, 3.05) is 6.54 Å². The van der Waals surface area contributed by atoms with E-state index in [0.717, 1.165) is 31.1 Å². The van der Waals surface area contributed by atoms with Crippen LogP contribution in [-0.4, -0.2) is 28.5 Å². The van der Waals surface area contributed by atoms with E-state index in [9.17, 15) is 0 Å². The molecule has 1 saturated heterocycles. The zero-order chi connectivity index (χ0) is 13.9. The van der Waals surface area contributed by atoms with E-state index < -0.39 is 0 Å². The normalized spacial score (nSPS) is 23.6. The molecule has 0 radical (unpaired) electrons. The molecule has 0 bridgehead atoms. The van der Waals surface area contributed by atoms with Crippen molar-refractivity contribution in [1.82, 2.24) is 15.2 Å². The summed E-state index contributed by atoms with van der Waals surface area (Å²) in [4.78, 5) is 7.44. The number of pyridine rings is 1. The highest BCUT2D eigenvalue weighted by molar-refractivity contribution is 5.12. The maximum absolute atomic E-state index is 4.83. The highest BCUT2D eigenvalue weighted by atomic mass is 15.2. The summed E-state index contributed by atoms with van der Waals surface area (Å²) in [5, 5.41) is 3.54. The lowest BCUT2D eigenvalue weighted by Crippen LogP contribution is -2.33. The number of aromatic nitrogens is 1. The molecule has 1 saturated carbocycles. The fourth-order valence-electron chi connectivity index (χ4n) is 3.26. The van der Waals surface area contributed by atoms with Crippen molar-refractivity contribution in [2.45, 2.75) is 64.7 Å². The van der Waals surface area contributed by atoms with Crippen molar-refractivity contribution in [2.24, 2.45) is 5.92 Å². The summed E-state index contributed by atoms with van der Waals surface area (Å²) in [6.07, 6.45) is 5.36. The minimum Gasteiger partial charge on any atom is -0.308 e. The second kappa shape index (κ2) is 6.23. The van der Waals surface area contributed by atoms with Gasteiger partial charge in [-0.3, -0.25) is 9.88 Å². The standard InChI is InChI=1S/C17H27N3/c1-13(2)17-7-4-10-20(17)12-16-6-3-5-15(19-16)11-18-14-8-9-14/h3,5-6,13-14,17-18H,4,7-12H2,1-2H3. The molecule has 1 aliphatic heterocycles. The first-order valence-corrected chi connectivity index (χ1v) is 8.14. The molecule has 1 atom stereocenters. The molecule has 1 aromatic heterocycles. The van der Waals surface area contributed by atoms with Crippen molar-refractivity contribution in [1.29, 1.82) is 0 Å². The zero-order valence-corrected chi connectivity index (χ0v) is 12.8. The summed E-state index contributed by atoms with van der Waals surface area (Å²) >= 11 is 0. The molecule has 3 nitrogen and oxygen atoms in total. The van der Waals surface area contributed by atoms with Gasteiger partial charge >= 0.3 is 0 Å². The summed E-state index contributed by atoms with van der Waals surface area (Å²) in [5.41, 5.74) is 2.42. The van der Waals surface area contributed by atoms with Gasteiger partial charge in [0.15, 0.2) is 0 Å². The third-order valence-corrected chi connectivity index (χ3v) is 4.56. The van der Waals surface area contributed by atoms with E-state index >= 15 is 0 Å². The SMILES string of the molecule is CC(C)C1CCCN1Cc1cccc(CNC2CC2)n1. The predicted octanol–water partition coefficient (Wildman–Crippen LogP) is 2.95. The summed E-state index contributed by atoms with van der Waals surface area (Å²) < 4.78 is 0. The van der Waals surface area contributed by atoms with Gasteiger partial charge in [0.05, 0.1) is 11.4 Å². The number of nitrogens with one attached hydrogen (secondary N) is 1. The molecule has 110 valence electrons. The molecule has 1 aliphatic carbocycles. The Bertz CT molecular complexity index is 440. The Morgan fingerprint density at radius 2 is 2.05 bits per heavy atom. The summed E-state index contributed by atoms with van der Waals surface area (Å²) in [6, 6.07) is 7.97. The molecule has 0 amide bonds. The number of hydrogen-bond donors (Lipinski definition) is 1. The first-order valence-electron chi connectivity index (χ1n) is 8.14. The Hall–Kier alpha value is -0.930. The molecule has 2 heterocycles. The van der Waals surface area contributed by atoms with Crippen LogP contribution in [0.2, 0.25) is 0 Å². The maximum Gasteiger partial charge on any atom is 0.0547 e. The Labute approximate surface area is 122 Å². The largest absolute Gasteiger partial charge is 0.308 e. The predicted molar refractivity (Wildman–Crippen MR) is 82.4 cm³/mol. The van der Waals surface area contributed by atoms with Gasteiger partial charge in [-0.25, -0.2) is 0 Å². The quantitative estimate of drug-likeness (QED) is 0.863. The van der Waals surface area contributed by atoms with Crippen molar-refractivity contribution < 1.29 is 0 Å². The topological polar surface area (TPSA) is 28.2 Å². The third-order valence-electron chi connectivity index (χ3n) is 4.56. The van der Waals surface area contributed by atoms with Gasteiger partial charge in [0.2, 0.25) is 0 Å². The fraction of sp³-hybridized carbons (Fsp3) is 0.706. The number of likely N-dealkylation sites (tertiary alicyclic amines) is 1. The smallest absolute Gasteiger partial charge is 0.0547 e. The molecule has 0 spiro atoms. The van der Waals surface area contributed by atoms with Gasteiger partial charge in [0, 0.05) is 25.2 Å². The van der Waals surface area contributed by atoms with Gasteiger partial charge in [-0.1, -0.05) is 19.9 Å². The van der Waals surface area contributed by atoms with Gasteiger partial charge in [-0.15, -0.1) is 0 Å².